The van der Waals surface area contributed by atoms with Crippen molar-refractivity contribution < 1.29 is 4.74 Å². The molecule has 7 nitrogen and oxygen atoms in total. The van der Waals surface area contributed by atoms with Crippen LogP contribution < -0.4 is 10.6 Å². The van der Waals surface area contributed by atoms with E-state index in [4.69, 9.17) is 4.74 Å². The van der Waals surface area contributed by atoms with Gasteiger partial charge in [-0.3, -0.25) is 5.10 Å². The molecule has 1 aliphatic heterocycles. The lowest BCUT2D eigenvalue weighted by Crippen LogP contribution is -2.30. The van der Waals surface area contributed by atoms with Crippen LogP contribution in [0.25, 0.3) is 0 Å². The Hall–Kier alpha value is -2.15. The van der Waals surface area contributed by atoms with Crippen molar-refractivity contribution in [2.45, 2.75) is 38.6 Å². The van der Waals surface area contributed by atoms with Crippen LogP contribution in [0.5, 0.6) is 0 Å². The van der Waals surface area contributed by atoms with Gasteiger partial charge in [-0.25, -0.2) is 4.98 Å². The maximum absolute atomic E-state index is 5.48. The second-order valence-electron chi connectivity index (χ2n) is 5.87. The molecular weight excluding hydrogens is 292 g/mol. The molecule has 3 N–H and O–H groups in total. The number of nitrogens with zero attached hydrogens (tertiary/aromatic N) is 3. The first kappa shape index (κ1) is 15.7. The number of nitrogens with one attached hydrogen (secondary N) is 3. The first-order chi connectivity index (χ1) is 11.3. The van der Waals surface area contributed by atoms with Gasteiger partial charge in [0.2, 0.25) is 5.95 Å². The number of hydrogen-bond acceptors (Lipinski definition) is 6. The average Bonchev–Trinajstić information content (AvgIpc) is 2.98. The third-order valence-corrected chi connectivity index (χ3v) is 4.01. The van der Waals surface area contributed by atoms with Crippen molar-refractivity contribution in [3.8, 4) is 0 Å². The van der Waals surface area contributed by atoms with E-state index in [1.165, 1.54) is 5.56 Å². The fourth-order valence-electron chi connectivity index (χ4n) is 2.69. The monoisotopic (exact) mass is 316 g/mol. The molecule has 23 heavy (non-hydrogen) atoms. The predicted molar refractivity (Wildman–Crippen MR) is 89.6 cm³/mol. The third kappa shape index (κ3) is 4.66. The molecule has 0 unspecified atom stereocenters. The number of ether oxygens (including phenoxy) is 1. The first-order valence-corrected chi connectivity index (χ1v) is 8.21. The lowest BCUT2D eigenvalue weighted by molar-refractivity contribution is 0.0875. The lowest BCUT2D eigenvalue weighted by atomic mass is 10.1. The van der Waals surface area contributed by atoms with E-state index in [1.807, 2.05) is 19.2 Å². The van der Waals surface area contributed by atoms with Crippen LogP contribution in [-0.4, -0.2) is 46.0 Å². The largest absolute Gasteiger partial charge is 0.379 e. The van der Waals surface area contributed by atoms with E-state index >= 15 is 0 Å². The van der Waals surface area contributed by atoms with Crippen molar-refractivity contribution in [2.24, 2.45) is 0 Å². The van der Waals surface area contributed by atoms with Crippen LogP contribution in [0.15, 0.2) is 18.5 Å². The van der Waals surface area contributed by atoms with Gasteiger partial charge in [0.15, 0.2) is 0 Å². The van der Waals surface area contributed by atoms with E-state index in [0.29, 0.717) is 12.0 Å². The molecule has 1 aliphatic rings. The Morgan fingerprint density at radius 3 is 3.17 bits per heavy atom. The molecule has 2 aromatic heterocycles. The molecule has 1 fully saturated rings. The summed E-state index contributed by atoms with van der Waals surface area (Å²) in [4.78, 5) is 8.78. The summed E-state index contributed by atoms with van der Waals surface area (Å²) in [6.45, 7) is 4.49. The van der Waals surface area contributed by atoms with Crippen molar-refractivity contribution >= 4 is 11.8 Å². The summed E-state index contributed by atoms with van der Waals surface area (Å²) in [5.41, 5.74) is 2.41. The fraction of sp³-hybridized carbons (Fsp3) is 0.562. The zero-order valence-corrected chi connectivity index (χ0v) is 13.5. The molecule has 0 bridgehead atoms. The third-order valence-electron chi connectivity index (χ3n) is 4.01. The number of anilines is 2. The van der Waals surface area contributed by atoms with Crippen molar-refractivity contribution in [2.75, 3.05) is 30.4 Å². The number of aromatic nitrogens is 4. The summed E-state index contributed by atoms with van der Waals surface area (Å²) in [5, 5.41) is 13.7. The Labute approximate surface area is 136 Å². The summed E-state index contributed by atoms with van der Waals surface area (Å²) in [6.07, 6.45) is 7.90. The predicted octanol–water partition coefficient (Wildman–Crippen LogP) is 2.14. The smallest absolute Gasteiger partial charge is 0.224 e. The van der Waals surface area contributed by atoms with Gasteiger partial charge in [-0.1, -0.05) is 0 Å². The maximum Gasteiger partial charge on any atom is 0.224 e. The molecule has 1 atom stereocenters. The quantitative estimate of drug-likeness (QED) is 0.678. The first-order valence-electron chi connectivity index (χ1n) is 8.21. The Morgan fingerprint density at radius 1 is 1.43 bits per heavy atom. The highest BCUT2D eigenvalue weighted by atomic mass is 16.5. The van der Waals surface area contributed by atoms with E-state index in [1.54, 1.807) is 6.20 Å². The van der Waals surface area contributed by atoms with Gasteiger partial charge in [0.25, 0.3) is 0 Å². The van der Waals surface area contributed by atoms with E-state index < -0.39 is 0 Å². The van der Waals surface area contributed by atoms with Gasteiger partial charge in [0, 0.05) is 25.0 Å². The van der Waals surface area contributed by atoms with Gasteiger partial charge in [0.1, 0.15) is 5.82 Å². The number of rotatable bonds is 7. The number of H-pyrrole nitrogens is 1. The van der Waals surface area contributed by atoms with Crippen LogP contribution in [0.2, 0.25) is 0 Å². The second kappa shape index (κ2) is 7.92. The van der Waals surface area contributed by atoms with E-state index in [-0.39, 0.29) is 0 Å². The van der Waals surface area contributed by atoms with E-state index in [2.05, 4.69) is 30.8 Å². The van der Waals surface area contributed by atoms with Crippen LogP contribution in [0.1, 0.15) is 30.5 Å². The minimum Gasteiger partial charge on any atom is -0.379 e. The van der Waals surface area contributed by atoms with Gasteiger partial charge >= 0.3 is 0 Å². The summed E-state index contributed by atoms with van der Waals surface area (Å²) < 4.78 is 5.48. The maximum atomic E-state index is 5.48. The van der Waals surface area contributed by atoms with Gasteiger partial charge in [-0.2, -0.15) is 10.1 Å². The number of aromatic amines is 1. The van der Waals surface area contributed by atoms with Crippen LogP contribution in [0, 0.1) is 6.92 Å². The minimum absolute atomic E-state index is 0.343. The molecule has 7 heteroatoms. The molecule has 3 heterocycles. The Morgan fingerprint density at radius 2 is 2.39 bits per heavy atom. The highest BCUT2D eigenvalue weighted by Gasteiger charge is 2.14. The van der Waals surface area contributed by atoms with E-state index in [0.717, 1.165) is 57.0 Å². The average molecular weight is 316 g/mol. The fourth-order valence-corrected chi connectivity index (χ4v) is 2.69. The molecular formula is C16H24N6O. The highest BCUT2D eigenvalue weighted by Crippen LogP contribution is 2.13. The van der Waals surface area contributed by atoms with Gasteiger partial charge in [0.05, 0.1) is 18.8 Å². The van der Waals surface area contributed by atoms with E-state index in [9.17, 15) is 0 Å². The minimum atomic E-state index is 0.343. The van der Waals surface area contributed by atoms with Crippen molar-refractivity contribution in [1.29, 1.82) is 0 Å². The second-order valence-corrected chi connectivity index (χ2v) is 5.87. The van der Waals surface area contributed by atoms with Crippen molar-refractivity contribution in [1.82, 2.24) is 20.2 Å². The zero-order valence-electron chi connectivity index (χ0n) is 13.5. The standard InChI is InChI=1S/C16H24N6O/c1-12-13(10-19-22-12)4-2-7-17-16-18-8-6-15(21-16)20-14-5-3-9-23-11-14/h6,8,10,14H,2-5,7,9,11H2,1H3,(H,19,22)(H2,17,18,20,21)/t14-/m0/s1. The Bertz CT molecular complexity index is 608. The Balaban J connectivity index is 1.44. The van der Waals surface area contributed by atoms with Gasteiger partial charge in [-0.15, -0.1) is 0 Å². The number of aryl methyl sites for hydroxylation is 2. The van der Waals surface area contributed by atoms with Crippen LogP contribution in [0.4, 0.5) is 11.8 Å². The number of hydrogen-bond donors (Lipinski definition) is 3. The molecule has 0 spiro atoms. The molecule has 1 saturated heterocycles. The zero-order chi connectivity index (χ0) is 15.9. The molecule has 2 aromatic rings. The van der Waals surface area contributed by atoms with Crippen LogP contribution in [-0.2, 0) is 11.2 Å². The van der Waals surface area contributed by atoms with Crippen molar-refractivity contribution in [3.05, 3.63) is 29.7 Å². The lowest BCUT2D eigenvalue weighted by Gasteiger charge is -2.23. The van der Waals surface area contributed by atoms with Crippen LogP contribution >= 0.6 is 0 Å². The Kier molecular flexibility index (Phi) is 5.42. The summed E-state index contributed by atoms with van der Waals surface area (Å²) in [6, 6.07) is 2.24. The molecule has 124 valence electrons. The SMILES string of the molecule is Cc1[nH]ncc1CCCNc1nccc(N[C@H]2CCCOC2)n1. The van der Waals surface area contributed by atoms with Crippen molar-refractivity contribution in [3.63, 3.8) is 0 Å². The van der Waals surface area contributed by atoms with Gasteiger partial charge < -0.3 is 15.4 Å². The molecule has 0 aromatic carbocycles. The molecule has 3 rings (SSSR count). The molecule has 0 radical (unpaired) electrons. The molecule has 0 amide bonds. The summed E-state index contributed by atoms with van der Waals surface area (Å²) >= 11 is 0. The van der Waals surface area contributed by atoms with Crippen LogP contribution in [0.3, 0.4) is 0 Å². The topological polar surface area (TPSA) is 87.8 Å². The molecule has 0 saturated carbocycles. The molecule has 0 aliphatic carbocycles. The normalized spacial score (nSPS) is 17.9. The summed E-state index contributed by atoms with van der Waals surface area (Å²) in [5.74, 6) is 1.51. The summed E-state index contributed by atoms with van der Waals surface area (Å²) in [7, 11) is 0. The highest BCUT2D eigenvalue weighted by molar-refractivity contribution is 5.40. The van der Waals surface area contributed by atoms with Gasteiger partial charge in [-0.05, 0) is 44.2 Å².